The third-order valence-corrected chi connectivity index (χ3v) is 3.26. The molecule has 0 radical (unpaired) electrons. The van der Waals surface area contributed by atoms with E-state index in [1.54, 1.807) is 39.3 Å². The van der Waals surface area contributed by atoms with E-state index in [9.17, 15) is 4.79 Å². The number of carbonyl (C=O) groups is 1. The Kier molecular flexibility index (Phi) is 6.51. The molecule has 0 spiro atoms. The zero-order valence-electron chi connectivity index (χ0n) is 14.1. The van der Waals surface area contributed by atoms with Crippen molar-refractivity contribution in [3.8, 4) is 5.75 Å². The number of para-hydroxylation sites is 2. The number of methoxy groups -OCH3 is 2. The molecule has 7 heteroatoms. The highest BCUT2D eigenvalue weighted by molar-refractivity contribution is 6.04. The molecular formula is C17H22N4O3. The number of nitrogens with zero attached hydrogens (tertiary/aromatic N) is 2. The van der Waals surface area contributed by atoms with Crippen LogP contribution in [0.5, 0.6) is 5.75 Å². The van der Waals surface area contributed by atoms with Gasteiger partial charge in [0.25, 0.3) is 5.91 Å². The summed E-state index contributed by atoms with van der Waals surface area (Å²) >= 11 is 0. The predicted octanol–water partition coefficient (Wildman–Crippen LogP) is 2.49. The van der Waals surface area contributed by atoms with Crippen molar-refractivity contribution in [3.63, 3.8) is 0 Å². The molecule has 128 valence electrons. The Bertz CT molecular complexity index is 691. The lowest BCUT2D eigenvalue weighted by molar-refractivity contribution is 0.102. The van der Waals surface area contributed by atoms with E-state index in [-0.39, 0.29) is 5.91 Å². The summed E-state index contributed by atoms with van der Waals surface area (Å²) in [5.74, 6) is 1.42. The van der Waals surface area contributed by atoms with Crippen LogP contribution in [-0.2, 0) is 4.74 Å². The highest BCUT2D eigenvalue weighted by Gasteiger charge is 2.13. The maximum atomic E-state index is 12.5. The van der Waals surface area contributed by atoms with Gasteiger partial charge in [0.2, 0.25) is 0 Å². The summed E-state index contributed by atoms with van der Waals surface area (Å²) in [6.45, 7) is 3.12. The molecule has 0 aliphatic carbocycles. The smallest absolute Gasteiger partial charge is 0.274 e. The Hall–Kier alpha value is -2.67. The molecule has 0 fully saturated rings. The Morgan fingerprint density at radius 2 is 2.00 bits per heavy atom. The average molecular weight is 330 g/mol. The number of hydrogen-bond donors (Lipinski definition) is 2. The zero-order chi connectivity index (χ0) is 17.4. The minimum atomic E-state index is -0.315. The van der Waals surface area contributed by atoms with Gasteiger partial charge in [-0.2, -0.15) is 0 Å². The van der Waals surface area contributed by atoms with Crippen molar-refractivity contribution in [1.82, 2.24) is 9.97 Å². The summed E-state index contributed by atoms with van der Waals surface area (Å²) in [6, 6.07) is 8.85. The van der Waals surface area contributed by atoms with Crippen LogP contribution < -0.4 is 15.4 Å². The van der Waals surface area contributed by atoms with Crippen molar-refractivity contribution in [2.45, 2.75) is 13.3 Å². The first-order valence-electron chi connectivity index (χ1n) is 7.67. The van der Waals surface area contributed by atoms with Gasteiger partial charge in [0, 0.05) is 26.3 Å². The lowest BCUT2D eigenvalue weighted by Crippen LogP contribution is -2.16. The molecule has 1 amide bonds. The first-order chi connectivity index (χ1) is 11.6. The molecule has 2 rings (SSSR count). The Labute approximate surface area is 141 Å². The molecule has 0 unspecified atom stereocenters. The molecule has 2 aromatic rings. The van der Waals surface area contributed by atoms with E-state index in [2.05, 4.69) is 20.6 Å². The summed E-state index contributed by atoms with van der Waals surface area (Å²) in [6.07, 6.45) is 0.849. The average Bonchev–Trinajstić information content (AvgIpc) is 2.58. The molecule has 0 aliphatic heterocycles. The lowest BCUT2D eigenvalue weighted by Gasteiger charge is -2.11. The van der Waals surface area contributed by atoms with Gasteiger partial charge in [-0.15, -0.1) is 0 Å². The van der Waals surface area contributed by atoms with Gasteiger partial charge >= 0.3 is 0 Å². The van der Waals surface area contributed by atoms with Crippen LogP contribution in [0.15, 0.2) is 30.3 Å². The molecule has 1 aromatic carbocycles. The van der Waals surface area contributed by atoms with Gasteiger partial charge in [-0.05, 0) is 25.5 Å². The van der Waals surface area contributed by atoms with Crippen LogP contribution in [0.3, 0.4) is 0 Å². The Balaban J connectivity index is 2.09. The molecular weight excluding hydrogens is 308 g/mol. The molecule has 0 atom stereocenters. The van der Waals surface area contributed by atoms with Crippen LogP contribution in [0.4, 0.5) is 11.5 Å². The minimum absolute atomic E-state index is 0.294. The maximum Gasteiger partial charge on any atom is 0.274 e. The van der Waals surface area contributed by atoms with Crippen LogP contribution in [0.25, 0.3) is 0 Å². The topological polar surface area (TPSA) is 85.4 Å². The van der Waals surface area contributed by atoms with E-state index in [1.165, 1.54) is 0 Å². The standard InChI is InChI=1S/C17H22N4O3/c1-12-19-14(11-16(20-12)18-9-6-10-23-2)17(22)21-13-7-4-5-8-15(13)24-3/h4-5,7-8,11H,6,9-10H2,1-3H3,(H,21,22)(H,18,19,20). The van der Waals surface area contributed by atoms with Crippen LogP contribution in [0, 0.1) is 6.92 Å². The van der Waals surface area contributed by atoms with E-state index in [0.29, 0.717) is 41.9 Å². The fourth-order valence-corrected chi connectivity index (χ4v) is 2.14. The van der Waals surface area contributed by atoms with E-state index in [0.717, 1.165) is 6.42 Å². The second-order valence-corrected chi connectivity index (χ2v) is 5.11. The van der Waals surface area contributed by atoms with Gasteiger partial charge in [0.15, 0.2) is 0 Å². The molecule has 0 saturated heterocycles. The first-order valence-corrected chi connectivity index (χ1v) is 7.67. The number of benzene rings is 1. The number of aryl methyl sites for hydroxylation is 1. The second-order valence-electron chi connectivity index (χ2n) is 5.11. The van der Waals surface area contributed by atoms with Gasteiger partial charge < -0.3 is 20.1 Å². The monoisotopic (exact) mass is 330 g/mol. The Morgan fingerprint density at radius 3 is 2.75 bits per heavy atom. The number of hydrogen-bond acceptors (Lipinski definition) is 6. The number of amides is 1. The number of carbonyl (C=O) groups excluding carboxylic acids is 1. The van der Waals surface area contributed by atoms with Crippen LogP contribution in [-0.4, -0.2) is 43.2 Å². The summed E-state index contributed by atoms with van der Waals surface area (Å²) in [7, 11) is 3.22. The number of aromatic nitrogens is 2. The summed E-state index contributed by atoms with van der Waals surface area (Å²) < 4.78 is 10.2. The van der Waals surface area contributed by atoms with Gasteiger partial charge in [0.05, 0.1) is 12.8 Å². The van der Waals surface area contributed by atoms with Gasteiger partial charge in [-0.1, -0.05) is 12.1 Å². The maximum absolute atomic E-state index is 12.5. The van der Waals surface area contributed by atoms with Crippen LogP contribution in [0.1, 0.15) is 22.7 Å². The van der Waals surface area contributed by atoms with Crippen LogP contribution >= 0.6 is 0 Å². The molecule has 7 nitrogen and oxygen atoms in total. The van der Waals surface area contributed by atoms with Crippen molar-refractivity contribution < 1.29 is 14.3 Å². The number of ether oxygens (including phenoxy) is 2. The van der Waals surface area contributed by atoms with Gasteiger partial charge in [-0.3, -0.25) is 4.79 Å². The summed E-state index contributed by atoms with van der Waals surface area (Å²) in [5.41, 5.74) is 0.888. The van der Waals surface area contributed by atoms with E-state index < -0.39 is 0 Å². The van der Waals surface area contributed by atoms with Crippen molar-refractivity contribution in [2.24, 2.45) is 0 Å². The number of anilines is 2. The van der Waals surface area contributed by atoms with Gasteiger partial charge in [0.1, 0.15) is 23.1 Å². The van der Waals surface area contributed by atoms with Crippen molar-refractivity contribution in [1.29, 1.82) is 0 Å². The van der Waals surface area contributed by atoms with E-state index >= 15 is 0 Å². The van der Waals surface area contributed by atoms with Crippen molar-refractivity contribution in [3.05, 3.63) is 41.9 Å². The number of nitrogens with one attached hydrogen (secondary N) is 2. The normalized spacial score (nSPS) is 10.3. The van der Waals surface area contributed by atoms with E-state index in [4.69, 9.17) is 9.47 Å². The van der Waals surface area contributed by atoms with Crippen molar-refractivity contribution >= 4 is 17.4 Å². The summed E-state index contributed by atoms with van der Waals surface area (Å²) in [5, 5.41) is 5.97. The summed E-state index contributed by atoms with van der Waals surface area (Å²) in [4.78, 5) is 20.9. The largest absolute Gasteiger partial charge is 0.495 e. The fourth-order valence-electron chi connectivity index (χ4n) is 2.14. The minimum Gasteiger partial charge on any atom is -0.495 e. The highest BCUT2D eigenvalue weighted by Crippen LogP contribution is 2.23. The van der Waals surface area contributed by atoms with Gasteiger partial charge in [-0.25, -0.2) is 9.97 Å². The predicted molar refractivity (Wildman–Crippen MR) is 92.7 cm³/mol. The third-order valence-electron chi connectivity index (χ3n) is 3.26. The van der Waals surface area contributed by atoms with Crippen LogP contribution in [0.2, 0.25) is 0 Å². The third kappa shape index (κ3) is 4.92. The lowest BCUT2D eigenvalue weighted by atomic mass is 10.2. The Morgan fingerprint density at radius 1 is 1.21 bits per heavy atom. The van der Waals surface area contributed by atoms with Crippen molar-refractivity contribution in [2.75, 3.05) is 38.0 Å². The highest BCUT2D eigenvalue weighted by atomic mass is 16.5. The molecule has 2 N–H and O–H groups in total. The molecule has 0 bridgehead atoms. The molecule has 1 heterocycles. The quantitative estimate of drug-likeness (QED) is 0.723. The molecule has 0 saturated carbocycles. The van der Waals surface area contributed by atoms with E-state index in [1.807, 2.05) is 12.1 Å². The molecule has 24 heavy (non-hydrogen) atoms. The zero-order valence-corrected chi connectivity index (χ0v) is 14.1. The number of rotatable bonds is 8. The molecule has 1 aromatic heterocycles. The second kappa shape index (κ2) is 8.83. The fraction of sp³-hybridized carbons (Fsp3) is 0.353. The first kappa shape index (κ1) is 17.7. The SMILES string of the molecule is COCCCNc1cc(C(=O)Nc2ccccc2OC)nc(C)n1. The molecule has 0 aliphatic rings.